The molecule has 1 aliphatic rings. The molecule has 1 fully saturated rings. The van der Waals surface area contributed by atoms with Crippen molar-refractivity contribution in [2.75, 3.05) is 19.7 Å². The van der Waals surface area contributed by atoms with Gasteiger partial charge >= 0.3 is 0 Å². The maximum absolute atomic E-state index is 12.8. The van der Waals surface area contributed by atoms with E-state index in [0.29, 0.717) is 35.7 Å². The lowest BCUT2D eigenvalue weighted by Crippen LogP contribution is -2.38. The van der Waals surface area contributed by atoms with Gasteiger partial charge in [-0.2, -0.15) is 10.5 Å². The second-order valence-corrected chi connectivity index (χ2v) is 9.26. The van der Waals surface area contributed by atoms with Crippen LogP contribution < -0.4 is 10.1 Å². The van der Waals surface area contributed by atoms with E-state index in [4.69, 9.17) is 10.00 Å². The van der Waals surface area contributed by atoms with Crippen LogP contribution in [0.3, 0.4) is 0 Å². The third kappa shape index (κ3) is 6.73. The molecule has 188 valence electrons. The summed E-state index contributed by atoms with van der Waals surface area (Å²) in [5, 5.41) is 21.4. The van der Waals surface area contributed by atoms with Gasteiger partial charge in [0.25, 0.3) is 5.91 Å². The van der Waals surface area contributed by atoms with Gasteiger partial charge in [-0.15, -0.1) is 0 Å². The molecule has 37 heavy (non-hydrogen) atoms. The molecule has 0 spiro atoms. The molecule has 1 amide bonds. The van der Waals surface area contributed by atoms with Crippen LogP contribution in [-0.2, 0) is 0 Å². The number of hydrogen-bond acceptors (Lipinski definition) is 6. The van der Waals surface area contributed by atoms with Gasteiger partial charge < -0.3 is 10.1 Å². The van der Waals surface area contributed by atoms with Gasteiger partial charge in [-0.05, 0) is 60.4 Å². The lowest BCUT2D eigenvalue weighted by molar-refractivity contribution is 0.0937. The van der Waals surface area contributed by atoms with Crippen LogP contribution >= 0.6 is 0 Å². The van der Waals surface area contributed by atoms with Gasteiger partial charge in [0.1, 0.15) is 0 Å². The number of nitriles is 2. The fraction of sp³-hybridized carbons (Fsp3) is 0.333. The lowest BCUT2D eigenvalue weighted by Gasteiger charge is -2.29. The van der Waals surface area contributed by atoms with Crippen molar-refractivity contribution in [1.29, 1.82) is 10.5 Å². The van der Waals surface area contributed by atoms with Crippen LogP contribution in [0.15, 0.2) is 66.9 Å². The minimum atomic E-state index is -0.141. The molecule has 2 heterocycles. The summed E-state index contributed by atoms with van der Waals surface area (Å²) in [4.78, 5) is 19.7. The Bertz CT molecular complexity index is 1260. The van der Waals surface area contributed by atoms with Crippen LogP contribution in [-0.4, -0.2) is 41.5 Å². The highest BCUT2D eigenvalue weighted by Crippen LogP contribution is 2.32. The summed E-state index contributed by atoms with van der Waals surface area (Å²) >= 11 is 0. The van der Waals surface area contributed by atoms with E-state index in [2.05, 4.69) is 34.3 Å². The van der Waals surface area contributed by atoms with E-state index in [-0.39, 0.29) is 18.0 Å². The van der Waals surface area contributed by atoms with Crippen LogP contribution in [0.1, 0.15) is 71.3 Å². The Morgan fingerprint density at radius 1 is 1.03 bits per heavy atom. The average molecular weight is 494 g/mol. The number of likely N-dealkylation sites (tertiary alicyclic amines) is 1. The van der Waals surface area contributed by atoms with E-state index in [1.54, 1.807) is 24.3 Å². The molecule has 1 aliphatic heterocycles. The molecule has 3 aromatic rings. The van der Waals surface area contributed by atoms with E-state index in [0.717, 1.165) is 43.4 Å². The quantitative estimate of drug-likeness (QED) is 0.399. The number of pyridine rings is 1. The van der Waals surface area contributed by atoms with Gasteiger partial charge in [0.2, 0.25) is 5.88 Å². The van der Waals surface area contributed by atoms with Crippen molar-refractivity contribution in [1.82, 2.24) is 15.2 Å². The zero-order valence-corrected chi connectivity index (χ0v) is 21.1. The number of amides is 1. The third-order valence-corrected chi connectivity index (χ3v) is 6.62. The van der Waals surface area contributed by atoms with Crippen molar-refractivity contribution < 1.29 is 9.53 Å². The normalized spacial score (nSPS) is 15.9. The van der Waals surface area contributed by atoms with Gasteiger partial charge in [0, 0.05) is 37.0 Å². The van der Waals surface area contributed by atoms with Crippen molar-refractivity contribution >= 4 is 5.91 Å². The number of nitrogens with zero attached hydrogens (tertiary/aromatic N) is 4. The molecule has 0 bridgehead atoms. The van der Waals surface area contributed by atoms with Crippen molar-refractivity contribution in [3.05, 3.63) is 94.7 Å². The molecule has 7 heteroatoms. The van der Waals surface area contributed by atoms with Crippen LogP contribution in [0.2, 0.25) is 0 Å². The summed E-state index contributed by atoms with van der Waals surface area (Å²) in [5.74, 6) is 0.477. The number of hydrogen-bond donors (Lipinski definition) is 1. The zero-order chi connectivity index (χ0) is 26.0. The molecule has 1 saturated heterocycles. The summed E-state index contributed by atoms with van der Waals surface area (Å²) in [6, 6.07) is 22.5. The minimum absolute atomic E-state index is 0.00171. The van der Waals surface area contributed by atoms with E-state index in [1.165, 1.54) is 0 Å². The predicted molar refractivity (Wildman–Crippen MR) is 141 cm³/mol. The second-order valence-electron chi connectivity index (χ2n) is 9.26. The molecule has 0 saturated carbocycles. The molecule has 4 rings (SSSR count). The fourth-order valence-corrected chi connectivity index (χ4v) is 4.63. The maximum Gasteiger partial charge on any atom is 0.251 e. The number of rotatable bonds is 10. The van der Waals surface area contributed by atoms with Crippen LogP contribution in [0.5, 0.6) is 5.88 Å². The Morgan fingerprint density at radius 3 is 2.32 bits per heavy atom. The second kappa shape index (κ2) is 12.7. The zero-order valence-electron chi connectivity index (χ0n) is 21.1. The highest BCUT2D eigenvalue weighted by atomic mass is 16.5. The number of nitrogens with one attached hydrogen (secondary N) is 1. The number of carbonyl (C=O) groups is 1. The molecule has 2 aromatic carbocycles. The Labute approximate surface area is 218 Å². The highest BCUT2D eigenvalue weighted by molar-refractivity contribution is 5.94. The standard InChI is InChI=1S/C30H31N5O2/c1-2-3-4-17-37-28-14-13-26(20-33-28)29(24-9-5-22(18-31)6-10-24)35-16-15-27(21-35)34-30(36)25-11-7-23(19-32)8-12-25/h5-14,20,27,29H,2-4,15-17,21H2,1H3,(H,34,36)/t27-,29?/m1/s1. The van der Waals surface area contributed by atoms with Crippen LogP contribution in [0, 0.1) is 22.7 Å². The van der Waals surface area contributed by atoms with Gasteiger partial charge in [-0.25, -0.2) is 4.98 Å². The van der Waals surface area contributed by atoms with Crippen molar-refractivity contribution in [3.8, 4) is 18.0 Å². The Hall–Kier alpha value is -4.20. The molecule has 1 N–H and O–H groups in total. The Balaban J connectivity index is 1.48. The predicted octanol–water partition coefficient (Wildman–Crippen LogP) is 4.99. The molecule has 0 radical (unpaired) electrons. The maximum atomic E-state index is 12.8. The molecule has 7 nitrogen and oxygen atoms in total. The summed E-state index contributed by atoms with van der Waals surface area (Å²) in [5.41, 5.74) is 3.78. The van der Waals surface area contributed by atoms with Crippen molar-refractivity contribution in [3.63, 3.8) is 0 Å². The summed E-state index contributed by atoms with van der Waals surface area (Å²) < 4.78 is 5.80. The Morgan fingerprint density at radius 2 is 1.70 bits per heavy atom. The third-order valence-electron chi connectivity index (χ3n) is 6.62. The average Bonchev–Trinajstić information content (AvgIpc) is 3.40. The first kappa shape index (κ1) is 25.9. The first-order valence-electron chi connectivity index (χ1n) is 12.7. The number of ether oxygens (including phenoxy) is 1. The summed E-state index contributed by atoms with van der Waals surface area (Å²) in [6.07, 6.45) is 5.97. The number of aromatic nitrogens is 1. The molecule has 2 atom stereocenters. The SMILES string of the molecule is CCCCCOc1ccc(C(c2ccc(C#N)cc2)N2CC[C@@H](NC(=O)c3ccc(C#N)cc3)C2)cn1. The van der Waals surface area contributed by atoms with E-state index < -0.39 is 0 Å². The van der Waals surface area contributed by atoms with E-state index in [1.807, 2.05) is 42.6 Å². The van der Waals surface area contributed by atoms with Crippen LogP contribution in [0.4, 0.5) is 0 Å². The molecular formula is C30H31N5O2. The largest absolute Gasteiger partial charge is 0.478 e. The monoisotopic (exact) mass is 493 g/mol. The van der Waals surface area contributed by atoms with E-state index >= 15 is 0 Å². The minimum Gasteiger partial charge on any atom is -0.478 e. The first-order valence-corrected chi connectivity index (χ1v) is 12.7. The van der Waals surface area contributed by atoms with Gasteiger partial charge in [-0.3, -0.25) is 9.69 Å². The lowest BCUT2D eigenvalue weighted by atomic mass is 9.97. The van der Waals surface area contributed by atoms with E-state index in [9.17, 15) is 10.1 Å². The smallest absolute Gasteiger partial charge is 0.251 e. The summed E-state index contributed by atoms with van der Waals surface area (Å²) in [6.45, 7) is 4.31. The number of carbonyl (C=O) groups excluding carboxylic acids is 1. The summed E-state index contributed by atoms with van der Waals surface area (Å²) in [7, 11) is 0. The highest BCUT2D eigenvalue weighted by Gasteiger charge is 2.31. The molecule has 0 aliphatic carbocycles. The molecule has 1 aromatic heterocycles. The van der Waals surface area contributed by atoms with Gasteiger partial charge in [0.05, 0.1) is 35.9 Å². The fourth-order valence-electron chi connectivity index (χ4n) is 4.63. The van der Waals surface area contributed by atoms with Gasteiger partial charge in [-0.1, -0.05) is 38.0 Å². The number of benzene rings is 2. The first-order chi connectivity index (χ1) is 18.1. The number of unbranched alkanes of at least 4 members (excludes halogenated alkanes) is 2. The molecule has 1 unspecified atom stereocenters. The Kier molecular flexibility index (Phi) is 8.86. The topological polar surface area (TPSA) is 102 Å². The van der Waals surface area contributed by atoms with Gasteiger partial charge in [0.15, 0.2) is 0 Å². The molecular weight excluding hydrogens is 462 g/mol. The van der Waals surface area contributed by atoms with Crippen LogP contribution in [0.25, 0.3) is 0 Å². The van der Waals surface area contributed by atoms with Crippen molar-refractivity contribution in [2.24, 2.45) is 0 Å². The van der Waals surface area contributed by atoms with Crippen molar-refractivity contribution in [2.45, 2.75) is 44.7 Å².